The quantitative estimate of drug-likeness (QED) is 0.858. The molecule has 2 N–H and O–H groups in total. The van der Waals surface area contributed by atoms with Gasteiger partial charge in [0.15, 0.2) is 0 Å². The molecule has 23 heavy (non-hydrogen) atoms. The minimum atomic E-state index is 0.118. The fourth-order valence-electron chi connectivity index (χ4n) is 4.08. The van der Waals surface area contributed by atoms with Crippen molar-refractivity contribution in [3.05, 3.63) is 23.8 Å². The third kappa shape index (κ3) is 3.46. The highest BCUT2D eigenvalue weighted by atomic mass is 16.5. The summed E-state index contributed by atoms with van der Waals surface area (Å²) in [5, 5.41) is 0. The van der Waals surface area contributed by atoms with Crippen LogP contribution in [-0.4, -0.2) is 30.0 Å². The molecule has 3 rings (SSSR count). The van der Waals surface area contributed by atoms with Gasteiger partial charge in [-0.25, -0.2) is 0 Å². The number of nitrogen functional groups attached to an aromatic ring is 1. The first-order chi connectivity index (χ1) is 11.2. The van der Waals surface area contributed by atoms with Crippen molar-refractivity contribution in [1.82, 2.24) is 4.90 Å². The van der Waals surface area contributed by atoms with E-state index in [1.807, 2.05) is 6.07 Å². The van der Waals surface area contributed by atoms with E-state index in [1.54, 1.807) is 12.1 Å². The topological polar surface area (TPSA) is 55.6 Å². The zero-order chi connectivity index (χ0) is 16.2. The second-order valence-corrected chi connectivity index (χ2v) is 6.86. The van der Waals surface area contributed by atoms with Gasteiger partial charge >= 0.3 is 0 Å². The van der Waals surface area contributed by atoms with Crippen LogP contribution < -0.4 is 10.5 Å². The van der Waals surface area contributed by atoms with Crippen LogP contribution in [-0.2, 0) is 0 Å². The van der Waals surface area contributed by atoms with Gasteiger partial charge in [0, 0.05) is 24.3 Å². The lowest BCUT2D eigenvalue weighted by Gasteiger charge is -2.44. The molecule has 1 aromatic carbocycles. The number of carbonyl (C=O) groups is 1. The first-order valence-electron chi connectivity index (χ1n) is 9.04. The number of ether oxygens (including phenoxy) is 1. The Balaban J connectivity index is 1.84. The Bertz CT molecular complexity index is 556. The predicted molar refractivity (Wildman–Crippen MR) is 92.7 cm³/mol. The number of carbonyl (C=O) groups excluding carboxylic acids is 1. The molecular weight excluding hydrogens is 288 g/mol. The van der Waals surface area contributed by atoms with E-state index in [9.17, 15) is 4.79 Å². The smallest absolute Gasteiger partial charge is 0.257 e. The van der Waals surface area contributed by atoms with Crippen LogP contribution in [0.2, 0.25) is 0 Å². The zero-order valence-electron chi connectivity index (χ0n) is 14.1. The summed E-state index contributed by atoms with van der Waals surface area (Å²) in [5.41, 5.74) is 7.19. The molecule has 2 unspecified atom stereocenters. The first-order valence-corrected chi connectivity index (χ1v) is 9.04. The summed E-state index contributed by atoms with van der Waals surface area (Å²) >= 11 is 0. The number of hydrogen-bond acceptors (Lipinski definition) is 3. The predicted octanol–water partition coefficient (Wildman–Crippen LogP) is 3.85. The van der Waals surface area contributed by atoms with E-state index >= 15 is 0 Å². The lowest BCUT2D eigenvalue weighted by atomic mass is 9.78. The van der Waals surface area contributed by atoms with Crippen LogP contribution in [0, 0.1) is 5.92 Å². The first kappa shape index (κ1) is 16.2. The molecule has 1 heterocycles. The number of nitrogens with two attached hydrogens (primary N) is 1. The summed E-state index contributed by atoms with van der Waals surface area (Å²) in [6, 6.07) is 5.83. The highest BCUT2D eigenvalue weighted by Crippen LogP contribution is 2.37. The molecule has 2 aliphatic rings. The molecule has 1 amide bonds. The van der Waals surface area contributed by atoms with Crippen LogP contribution in [0.4, 0.5) is 5.69 Å². The molecule has 1 saturated heterocycles. The number of nitrogens with zero attached hydrogens (tertiary/aromatic N) is 1. The highest BCUT2D eigenvalue weighted by Gasteiger charge is 2.36. The normalized spacial score (nSPS) is 24.1. The Morgan fingerprint density at radius 2 is 2.04 bits per heavy atom. The van der Waals surface area contributed by atoms with Gasteiger partial charge in [0.1, 0.15) is 5.75 Å². The Morgan fingerprint density at radius 3 is 2.87 bits per heavy atom. The number of fused-ring (bicyclic) bond motifs is 1. The summed E-state index contributed by atoms with van der Waals surface area (Å²) in [6.45, 7) is 3.54. The van der Waals surface area contributed by atoms with Crippen molar-refractivity contribution in [2.75, 3.05) is 18.9 Å². The van der Waals surface area contributed by atoms with Crippen LogP contribution in [0.3, 0.4) is 0 Å². The van der Waals surface area contributed by atoms with E-state index in [0.717, 1.165) is 25.8 Å². The van der Waals surface area contributed by atoms with Crippen molar-refractivity contribution in [3.63, 3.8) is 0 Å². The van der Waals surface area contributed by atoms with Gasteiger partial charge in [-0.2, -0.15) is 0 Å². The number of amides is 1. The minimum absolute atomic E-state index is 0.118. The molecule has 126 valence electrons. The number of rotatable bonds is 4. The molecular formula is C19H28N2O2. The van der Waals surface area contributed by atoms with E-state index in [-0.39, 0.29) is 5.91 Å². The molecule has 0 aromatic heterocycles. The summed E-state index contributed by atoms with van der Waals surface area (Å²) in [6.07, 6.45) is 8.28. The van der Waals surface area contributed by atoms with Gasteiger partial charge in [-0.05, 0) is 50.2 Å². The summed E-state index contributed by atoms with van der Waals surface area (Å²) in [4.78, 5) is 15.3. The van der Waals surface area contributed by atoms with E-state index in [0.29, 0.717) is 35.6 Å². The number of likely N-dealkylation sites (tertiary alicyclic amines) is 1. The van der Waals surface area contributed by atoms with Crippen molar-refractivity contribution in [2.45, 2.75) is 57.9 Å². The fourth-order valence-corrected chi connectivity index (χ4v) is 4.08. The van der Waals surface area contributed by atoms with Crippen LogP contribution in [0.15, 0.2) is 18.2 Å². The third-order valence-electron chi connectivity index (χ3n) is 5.20. The Kier molecular flexibility index (Phi) is 5.09. The molecule has 1 aliphatic carbocycles. The molecule has 2 fully saturated rings. The molecule has 4 nitrogen and oxygen atoms in total. The molecule has 4 heteroatoms. The second-order valence-electron chi connectivity index (χ2n) is 6.86. The van der Waals surface area contributed by atoms with Gasteiger partial charge < -0.3 is 15.4 Å². The van der Waals surface area contributed by atoms with Crippen molar-refractivity contribution in [1.29, 1.82) is 0 Å². The number of benzene rings is 1. The summed E-state index contributed by atoms with van der Waals surface area (Å²) in [5.74, 6) is 1.44. The van der Waals surface area contributed by atoms with Crippen molar-refractivity contribution < 1.29 is 9.53 Å². The molecule has 0 spiro atoms. The van der Waals surface area contributed by atoms with Gasteiger partial charge in [0.25, 0.3) is 5.91 Å². The standard InChI is InChI=1S/C19H28N2O2/c1-2-12-23-18-13-15(20)9-10-16(18)19(22)21-11-5-7-14-6-3-4-8-17(14)21/h9-10,13-14,17H,2-8,11-12,20H2,1H3. The summed E-state index contributed by atoms with van der Waals surface area (Å²) < 4.78 is 5.79. The zero-order valence-corrected chi connectivity index (χ0v) is 14.1. The second kappa shape index (κ2) is 7.24. The summed E-state index contributed by atoms with van der Waals surface area (Å²) in [7, 11) is 0. The van der Waals surface area contributed by atoms with Crippen molar-refractivity contribution in [3.8, 4) is 5.75 Å². The van der Waals surface area contributed by atoms with Gasteiger partial charge in [0.05, 0.1) is 12.2 Å². The molecule has 2 atom stereocenters. The lowest BCUT2D eigenvalue weighted by molar-refractivity contribution is 0.0387. The monoisotopic (exact) mass is 316 g/mol. The van der Waals surface area contributed by atoms with Crippen molar-refractivity contribution in [2.24, 2.45) is 5.92 Å². The number of hydrogen-bond donors (Lipinski definition) is 1. The van der Waals surface area contributed by atoms with E-state index in [1.165, 1.54) is 25.7 Å². The number of piperidine rings is 1. The average molecular weight is 316 g/mol. The van der Waals surface area contributed by atoms with Crippen LogP contribution in [0.25, 0.3) is 0 Å². The fraction of sp³-hybridized carbons (Fsp3) is 0.632. The van der Waals surface area contributed by atoms with Gasteiger partial charge in [0.2, 0.25) is 0 Å². The van der Waals surface area contributed by atoms with Crippen LogP contribution in [0.5, 0.6) is 5.75 Å². The van der Waals surface area contributed by atoms with Gasteiger partial charge in [-0.15, -0.1) is 0 Å². The molecule has 1 saturated carbocycles. The average Bonchev–Trinajstić information content (AvgIpc) is 2.59. The van der Waals surface area contributed by atoms with Crippen LogP contribution in [0.1, 0.15) is 62.2 Å². The van der Waals surface area contributed by atoms with Crippen LogP contribution >= 0.6 is 0 Å². The largest absolute Gasteiger partial charge is 0.493 e. The Labute approximate surface area is 139 Å². The lowest BCUT2D eigenvalue weighted by Crippen LogP contribution is -2.49. The maximum absolute atomic E-state index is 13.2. The minimum Gasteiger partial charge on any atom is -0.493 e. The van der Waals surface area contributed by atoms with E-state index in [4.69, 9.17) is 10.5 Å². The molecule has 1 aromatic rings. The van der Waals surface area contributed by atoms with Crippen molar-refractivity contribution >= 4 is 11.6 Å². The Morgan fingerprint density at radius 1 is 1.26 bits per heavy atom. The third-order valence-corrected chi connectivity index (χ3v) is 5.20. The number of anilines is 1. The van der Waals surface area contributed by atoms with E-state index < -0.39 is 0 Å². The van der Waals surface area contributed by atoms with E-state index in [2.05, 4.69) is 11.8 Å². The molecule has 0 radical (unpaired) electrons. The highest BCUT2D eigenvalue weighted by molar-refractivity contribution is 5.97. The maximum atomic E-state index is 13.2. The molecule has 1 aliphatic heterocycles. The SMILES string of the molecule is CCCOc1cc(N)ccc1C(=O)N1CCCC2CCCCC21. The Hall–Kier alpha value is -1.71. The van der Waals surface area contributed by atoms with Gasteiger partial charge in [-0.1, -0.05) is 19.8 Å². The molecule has 0 bridgehead atoms. The maximum Gasteiger partial charge on any atom is 0.257 e. The van der Waals surface area contributed by atoms with Gasteiger partial charge in [-0.3, -0.25) is 4.79 Å².